The van der Waals surface area contributed by atoms with Crippen LogP contribution in [0.15, 0.2) is 255 Å². The molecule has 2 unspecified atom stereocenters. The van der Waals surface area contributed by atoms with Crippen LogP contribution in [0.4, 0.5) is 17.1 Å². The Morgan fingerprint density at radius 2 is 1.19 bits per heavy atom. The lowest BCUT2D eigenvalue weighted by Crippen LogP contribution is -2.28. The molecule has 0 aromatic heterocycles. The summed E-state index contributed by atoms with van der Waals surface area (Å²) in [5, 5.41) is 2.08. The minimum atomic E-state index is -1.36. The van der Waals surface area contributed by atoms with E-state index in [1.165, 1.54) is 5.56 Å². The van der Waals surface area contributed by atoms with Gasteiger partial charge in [0, 0.05) is 24.4 Å². The monoisotopic (exact) mass is 799 g/mol. The number of hydrogen-bond donors (Lipinski definition) is 0. The zero-order valence-electron chi connectivity index (χ0n) is 40.1. The maximum absolute atomic E-state index is 9.81. The Bertz CT molecular complexity index is 3330. The molecule has 9 aromatic rings. The molecule has 0 heterocycles. The van der Waals surface area contributed by atoms with Crippen molar-refractivity contribution in [2.24, 2.45) is 0 Å². The minimum absolute atomic E-state index is 0.00281. The van der Waals surface area contributed by atoms with Gasteiger partial charge in [0.05, 0.1) is 12.3 Å². The van der Waals surface area contributed by atoms with Crippen LogP contribution < -0.4 is 4.90 Å². The molecule has 296 valence electrons. The predicted octanol–water partition coefficient (Wildman–Crippen LogP) is 16.1. The minimum Gasteiger partial charge on any atom is -0.310 e. The molecule has 0 radical (unpaired) electrons. The number of fused-ring (bicyclic) bond motifs is 4. The van der Waals surface area contributed by atoms with Crippen molar-refractivity contribution in [2.45, 2.75) is 17.7 Å². The number of rotatable bonds is 12. The number of anilines is 3. The molecule has 0 spiro atoms. The van der Waals surface area contributed by atoms with E-state index in [1.807, 2.05) is 102 Å². The van der Waals surface area contributed by atoms with E-state index in [-0.39, 0.29) is 29.8 Å². The predicted molar refractivity (Wildman–Crippen MR) is 263 cm³/mol. The van der Waals surface area contributed by atoms with Crippen LogP contribution in [0, 0.1) is 0 Å². The Labute approximate surface area is 374 Å². The van der Waals surface area contributed by atoms with Crippen molar-refractivity contribution in [3.05, 3.63) is 294 Å². The van der Waals surface area contributed by atoms with E-state index < -0.39 is 17.7 Å². The molecule has 1 heteroatoms. The quantitative estimate of drug-likeness (QED) is 0.0676. The molecule has 1 aliphatic rings. The van der Waals surface area contributed by atoms with Gasteiger partial charge in [0.25, 0.3) is 0 Å². The lowest BCUT2D eigenvalue weighted by Gasteiger charge is -2.35. The van der Waals surface area contributed by atoms with Gasteiger partial charge < -0.3 is 4.90 Å². The molecule has 0 saturated carbocycles. The van der Waals surface area contributed by atoms with Gasteiger partial charge in [-0.05, 0) is 115 Å². The summed E-state index contributed by atoms with van der Waals surface area (Å²) in [7, 11) is 0. The molecule has 0 bridgehead atoms. The van der Waals surface area contributed by atoms with Crippen LogP contribution in [0.25, 0.3) is 33.5 Å². The van der Waals surface area contributed by atoms with Crippen LogP contribution in [-0.2, 0) is 5.41 Å². The number of nitrogens with zero attached hydrogens (tertiary/aromatic N) is 1. The Hall–Kier alpha value is -7.74. The second kappa shape index (κ2) is 17.1. The molecule has 0 aliphatic heterocycles. The molecule has 1 aliphatic carbocycles. The molecular formula is C61H47N. The van der Waals surface area contributed by atoms with E-state index in [0.717, 1.165) is 67.6 Å². The fourth-order valence-electron chi connectivity index (χ4n) is 9.04. The summed E-state index contributed by atoms with van der Waals surface area (Å²) in [6, 6.07) is 73.1. The van der Waals surface area contributed by atoms with Gasteiger partial charge in [0.15, 0.2) is 0 Å². The lowest BCUT2D eigenvalue weighted by molar-refractivity contribution is 0.768. The SMILES string of the molecule is [2H]C=C([2H])C(c1cc([2H])c(N(c2ccc3c(c2)C(c2ccccc2)(c2ccccc2)c2ccccc2-3)c2ccc3ccccc3c2)cc1[2H])C([2H])/C([2H])=C/C(=C/c1ccccc1)c1ccccc1. The van der Waals surface area contributed by atoms with Crippen molar-refractivity contribution in [2.75, 3.05) is 4.90 Å². The summed E-state index contributed by atoms with van der Waals surface area (Å²) in [4.78, 5) is 2.03. The van der Waals surface area contributed by atoms with Gasteiger partial charge in [-0.2, -0.15) is 0 Å². The summed E-state index contributed by atoms with van der Waals surface area (Å²) in [5.41, 5.74) is 10.9. The first-order valence-corrected chi connectivity index (χ1v) is 21.0. The van der Waals surface area contributed by atoms with E-state index >= 15 is 0 Å². The highest BCUT2D eigenvalue weighted by molar-refractivity contribution is 5.92. The van der Waals surface area contributed by atoms with E-state index in [0.29, 0.717) is 11.3 Å². The average Bonchev–Trinajstić information content (AvgIpc) is 3.68. The molecule has 1 nitrogen and oxygen atoms in total. The summed E-state index contributed by atoms with van der Waals surface area (Å²) in [6.07, 6.45) is 2.24. The molecule has 62 heavy (non-hydrogen) atoms. The van der Waals surface area contributed by atoms with Gasteiger partial charge in [-0.3, -0.25) is 0 Å². The highest BCUT2D eigenvalue weighted by Gasteiger charge is 2.46. The Balaban J connectivity index is 1.14. The van der Waals surface area contributed by atoms with Gasteiger partial charge in [0.1, 0.15) is 0 Å². The maximum Gasteiger partial charge on any atom is 0.0714 e. The molecule has 0 fully saturated rings. The highest BCUT2D eigenvalue weighted by atomic mass is 15.1. The van der Waals surface area contributed by atoms with E-state index in [4.69, 9.17) is 2.74 Å². The van der Waals surface area contributed by atoms with Crippen molar-refractivity contribution >= 4 is 39.5 Å². The van der Waals surface area contributed by atoms with Gasteiger partial charge in [0.2, 0.25) is 0 Å². The van der Waals surface area contributed by atoms with Crippen LogP contribution >= 0.6 is 0 Å². The summed E-state index contributed by atoms with van der Waals surface area (Å²) < 4.78 is 55.5. The van der Waals surface area contributed by atoms with Gasteiger partial charge in [-0.25, -0.2) is 0 Å². The van der Waals surface area contributed by atoms with Crippen LogP contribution in [0.1, 0.15) is 59.5 Å². The number of allylic oxidation sites excluding steroid dienone is 4. The van der Waals surface area contributed by atoms with Crippen molar-refractivity contribution in [3.63, 3.8) is 0 Å². The Morgan fingerprint density at radius 1 is 0.581 bits per heavy atom. The molecule has 0 N–H and O–H groups in total. The average molecular weight is 800 g/mol. The first-order valence-electron chi connectivity index (χ1n) is 24.1. The Kier molecular flexibility index (Phi) is 8.84. The van der Waals surface area contributed by atoms with Crippen LogP contribution in [0.2, 0.25) is 0 Å². The second-order valence-electron chi connectivity index (χ2n) is 15.5. The third-order valence-corrected chi connectivity index (χ3v) is 11.9. The summed E-state index contributed by atoms with van der Waals surface area (Å²) >= 11 is 0. The molecular weight excluding hydrogens is 747 g/mol. The van der Waals surface area contributed by atoms with E-state index in [2.05, 4.69) is 115 Å². The van der Waals surface area contributed by atoms with Gasteiger partial charge in [-0.1, -0.05) is 212 Å². The van der Waals surface area contributed by atoms with Crippen molar-refractivity contribution in [1.82, 2.24) is 0 Å². The van der Waals surface area contributed by atoms with Gasteiger partial charge in [-0.15, -0.1) is 6.55 Å². The maximum atomic E-state index is 9.81. The van der Waals surface area contributed by atoms with Gasteiger partial charge >= 0.3 is 0 Å². The zero-order chi connectivity index (χ0) is 46.8. The first kappa shape index (κ1) is 32.1. The third-order valence-electron chi connectivity index (χ3n) is 11.9. The highest BCUT2D eigenvalue weighted by Crippen LogP contribution is 2.57. The largest absolute Gasteiger partial charge is 0.310 e. The smallest absolute Gasteiger partial charge is 0.0714 e. The summed E-state index contributed by atoms with van der Waals surface area (Å²) in [6.45, 7) is 0.879. The van der Waals surface area contributed by atoms with E-state index in [1.54, 1.807) is 18.2 Å². The van der Waals surface area contributed by atoms with Crippen LogP contribution in [0.5, 0.6) is 0 Å². The molecule has 0 amide bonds. The van der Waals surface area contributed by atoms with Crippen molar-refractivity contribution in [3.8, 4) is 11.1 Å². The fourth-order valence-corrected chi connectivity index (χ4v) is 9.04. The fraction of sp³-hybridized carbons (Fsp3) is 0.0492. The number of benzene rings is 9. The molecule has 0 saturated heterocycles. The first-order chi connectivity index (χ1) is 33.3. The second-order valence-corrected chi connectivity index (χ2v) is 15.5. The lowest BCUT2D eigenvalue weighted by atomic mass is 9.67. The third kappa shape index (κ3) is 7.18. The summed E-state index contributed by atoms with van der Waals surface area (Å²) in [5.74, 6) is -1.17. The van der Waals surface area contributed by atoms with E-state index in [9.17, 15) is 5.48 Å². The van der Waals surface area contributed by atoms with Crippen molar-refractivity contribution < 1.29 is 8.22 Å². The van der Waals surface area contributed by atoms with Crippen molar-refractivity contribution in [1.29, 1.82) is 0 Å². The van der Waals surface area contributed by atoms with Crippen LogP contribution in [-0.4, -0.2) is 0 Å². The number of hydrogen-bond acceptors (Lipinski definition) is 1. The standard InChI is InChI=1S/C61H47N/c1-2-46(26-19-27-50(47-22-9-4-10-23-47)42-45-20-7-3-8-21-45)49-34-37-54(38-35-49)62(55-39-36-48-24-15-16-25-51(48)43-55)56-40-41-58-57-32-17-18-33-59(57)61(60(58)44-56,52-28-11-5-12-29-52)53-30-13-6-14-31-53/h2-25,27-44,46H,1,26H2/b27-19+,50-42-/i1D,2D,19D,26D,34D,38D/b2-1?,27-19+,50-42-. The topological polar surface area (TPSA) is 3.24 Å². The van der Waals surface area contributed by atoms with Crippen LogP contribution in [0.3, 0.4) is 0 Å². The molecule has 2 atom stereocenters. The molecule has 9 aromatic carbocycles. The zero-order valence-corrected chi connectivity index (χ0v) is 34.1. The Morgan fingerprint density at radius 3 is 1.94 bits per heavy atom. The molecule has 10 rings (SSSR count). The normalized spacial score (nSPS) is 15.8.